The van der Waals surface area contributed by atoms with Crippen LogP contribution in [0.1, 0.15) is 23.1 Å². The van der Waals surface area contributed by atoms with Crippen LogP contribution in [0.15, 0.2) is 41.3 Å². The largest absolute Gasteiger partial charge is 0.399 e. The van der Waals surface area contributed by atoms with Gasteiger partial charge in [-0.3, -0.25) is 0 Å². The second kappa shape index (κ2) is 5.30. The summed E-state index contributed by atoms with van der Waals surface area (Å²) in [5.41, 5.74) is 12.7. The molecule has 0 amide bonds. The zero-order valence-electron chi connectivity index (χ0n) is 12.1. The van der Waals surface area contributed by atoms with Crippen LogP contribution in [0.2, 0.25) is 0 Å². The van der Waals surface area contributed by atoms with E-state index in [-0.39, 0.29) is 0 Å². The molecule has 4 rings (SSSR count). The van der Waals surface area contributed by atoms with Gasteiger partial charge in [0.1, 0.15) is 0 Å². The predicted octanol–water partition coefficient (Wildman–Crippen LogP) is 3.87. The van der Waals surface area contributed by atoms with Crippen molar-refractivity contribution < 1.29 is 0 Å². The SMILES string of the molecule is Nc1ccc2c(c1)N(Cc1ccc3c(c1)CCC3)CCS2. The number of nitrogens with two attached hydrogens (primary N) is 1. The second-order valence-corrected chi connectivity index (χ2v) is 7.09. The summed E-state index contributed by atoms with van der Waals surface area (Å²) in [6.07, 6.45) is 3.83. The number of nitrogen functional groups attached to an aromatic ring is 1. The maximum absolute atomic E-state index is 5.98. The van der Waals surface area contributed by atoms with E-state index in [1.165, 1.54) is 35.4 Å². The van der Waals surface area contributed by atoms with Crippen LogP contribution < -0.4 is 10.6 Å². The summed E-state index contributed by atoms with van der Waals surface area (Å²) in [5, 5.41) is 0. The number of benzene rings is 2. The Morgan fingerprint density at radius 2 is 1.95 bits per heavy atom. The van der Waals surface area contributed by atoms with Crippen LogP contribution in [-0.2, 0) is 19.4 Å². The summed E-state index contributed by atoms with van der Waals surface area (Å²) in [7, 11) is 0. The van der Waals surface area contributed by atoms with Gasteiger partial charge in [-0.25, -0.2) is 0 Å². The molecule has 0 saturated carbocycles. The first-order chi connectivity index (χ1) is 10.3. The van der Waals surface area contributed by atoms with Gasteiger partial charge in [-0.05, 0) is 54.2 Å². The topological polar surface area (TPSA) is 29.3 Å². The summed E-state index contributed by atoms with van der Waals surface area (Å²) in [4.78, 5) is 3.83. The van der Waals surface area contributed by atoms with E-state index >= 15 is 0 Å². The van der Waals surface area contributed by atoms with Gasteiger partial charge < -0.3 is 10.6 Å². The Kier molecular flexibility index (Phi) is 3.30. The molecule has 1 heterocycles. The van der Waals surface area contributed by atoms with E-state index in [1.807, 2.05) is 17.8 Å². The fourth-order valence-electron chi connectivity index (χ4n) is 3.40. The highest BCUT2D eigenvalue weighted by Gasteiger charge is 2.18. The molecule has 1 aliphatic carbocycles. The van der Waals surface area contributed by atoms with Crippen LogP contribution in [0, 0.1) is 0 Å². The lowest BCUT2D eigenvalue weighted by Crippen LogP contribution is -2.28. The minimum Gasteiger partial charge on any atom is -0.399 e. The molecule has 0 unspecified atom stereocenters. The molecule has 1 aliphatic heterocycles. The van der Waals surface area contributed by atoms with Crippen molar-refractivity contribution in [1.29, 1.82) is 0 Å². The standard InChI is InChI=1S/C18H20N2S/c19-16-6-7-18-17(11-16)20(8-9-21-18)12-13-4-5-14-2-1-3-15(14)10-13/h4-7,10-11H,1-3,8-9,12,19H2. The van der Waals surface area contributed by atoms with E-state index < -0.39 is 0 Å². The number of rotatable bonds is 2. The Balaban J connectivity index is 1.62. The molecule has 2 N–H and O–H groups in total. The smallest absolute Gasteiger partial charge is 0.0528 e. The van der Waals surface area contributed by atoms with E-state index in [2.05, 4.69) is 35.2 Å². The summed E-state index contributed by atoms with van der Waals surface area (Å²) < 4.78 is 0. The zero-order valence-corrected chi connectivity index (χ0v) is 13.0. The van der Waals surface area contributed by atoms with Crippen molar-refractivity contribution in [2.24, 2.45) is 0 Å². The summed E-state index contributed by atoms with van der Waals surface area (Å²) in [5.74, 6) is 1.15. The summed E-state index contributed by atoms with van der Waals surface area (Å²) in [6.45, 7) is 2.09. The number of nitrogens with zero attached hydrogens (tertiary/aromatic N) is 1. The summed E-state index contributed by atoms with van der Waals surface area (Å²) in [6, 6.07) is 13.3. The molecule has 108 valence electrons. The van der Waals surface area contributed by atoms with Gasteiger partial charge >= 0.3 is 0 Å². The fourth-order valence-corrected chi connectivity index (χ4v) is 4.43. The molecule has 0 saturated heterocycles. The van der Waals surface area contributed by atoms with Crippen LogP contribution in [0.25, 0.3) is 0 Å². The van der Waals surface area contributed by atoms with Crippen molar-refractivity contribution in [2.45, 2.75) is 30.7 Å². The van der Waals surface area contributed by atoms with E-state index in [4.69, 9.17) is 5.73 Å². The molecule has 2 aliphatic rings. The average Bonchev–Trinajstić information content (AvgIpc) is 2.95. The molecule has 0 bridgehead atoms. The van der Waals surface area contributed by atoms with Crippen molar-refractivity contribution in [3.05, 3.63) is 53.1 Å². The van der Waals surface area contributed by atoms with Gasteiger partial charge in [0.05, 0.1) is 5.69 Å². The lowest BCUT2D eigenvalue weighted by molar-refractivity contribution is 0.816. The van der Waals surface area contributed by atoms with Gasteiger partial charge in [-0.15, -0.1) is 11.8 Å². The number of thioether (sulfide) groups is 1. The van der Waals surface area contributed by atoms with Crippen LogP contribution in [-0.4, -0.2) is 12.3 Å². The highest BCUT2D eigenvalue weighted by atomic mass is 32.2. The molecular weight excluding hydrogens is 276 g/mol. The fraction of sp³-hybridized carbons (Fsp3) is 0.333. The summed E-state index contributed by atoms with van der Waals surface area (Å²) >= 11 is 1.93. The molecule has 0 radical (unpaired) electrons. The third kappa shape index (κ3) is 2.51. The number of anilines is 2. The molecule has 2 aromatic rings. The Bertz CT molecular complexity index is 681. The van der Waals surface area contributed by atoms with Crippen molar-refractivity contribution in [2.75, 3.05) is 22.9 Å². The Labute approximate surface area is 130 Å². The molecule has 2 nitrogen and oxygen atoms in total. The molecule has 0 spiro atoms. The minimum atomic E-state index is 0.857. The Morgan fingerprint density at radius 1 is 1.05 bits per heavy atom. The zero-order chi connectivity index (χ0) is 14.2. The monoisotopic (exact) mass is 296 g/mol. The number of aryl methyl sites for hydroxylation is 2. The molecule has 21 heavy (non-hydrogen) atoms. The van der Waals surface area contributed by atoms with Gasteiger partial charge in [0.15, 0.2) is 0 Å². The Morgan fingerprint density at radius 3 is 2.90 bits per heavy atom. The third-order valence-electron chi connectivity index (χ3n) is 4.48. The highest BCUT2D eigenvalue weighted by Crippen LogP contribution is 2.37. The van der Waals surface area contributed by atoms with E-state index in [0.717, 1.165) is 24.5 Å². The van der Waals surface area contributed by atoms with Crippen LogP contribution in [0.5, 0.6) is 0 Å². The molecule has 0 atom stereocenters. The average molecular weight is 296 g/mol. The van der Waals surface area contributed by atoms with Gasteiger partial charge in [-0.1, -0.05) is 18.2 Å². The van der Waals surface area contributed by atoms with Gasteiger partial charge in [-0.2, -0.15) is 0 Å². The lowest BCUT2D eigenvalue weighted by atomic mass is 10.1. The lowest BCUT2D eigenvalue weighted by Gasteiger charge is -2.31. The van der Waals surface area contributed by atoms with E-state index in [0.29, 0.717) is 0 Å². The first-order valence-electron chi connectivity index (χ1n) is 7.67. The van der Waals surface area contributed by atoms with Crippen molar-refractivity contribution in [3.63, 3.8) is 0 Å². The van der Waals surface area contributed by atoms with Gasteiger partial charge in [0.2, 0.25) is 0 Å². The van der Waals surface area contributed by atoms with Crippen molar-refractivity contribution in [3.8, 4) is 0 Å². The van der Waals surface area contributed by atoms with Gasteiger partial charge in [0.25, 0.3) is 0 Å². The second-order valence-electron chi connectivity index (χ2n) is 5.95. The van der Waals surface area contributed by atoms with Gasteiger partial charge in [0, 0.05) is 29.4 Å². The highest BCUT2D eigenvalue weighted by molar-refractivity contribution is 7.99. The van der Waals surface area contributed by atoms with Crippen LogP contribution in [0.4, 0.5) is 11.4 Å². The molecule has 2 aromatic carbocycles. The number of hydrogen-bond acceptors (Lipinski definition) is 3. The van der Waals surface area contributed by atoms with E-state index in [1.54, 1.807) is 11.1 Å². The maximum Gasteiger partial charge on any atom is 0.0528 e. The van der Waals surface area contributed by atoms with Crippen molar-refractivity contribution in [1.82, 2.24) is 0 Å². The quantitative estimate of drug-likeness (QED) is 0.853. The maximum atomic E-state index is 5.98. The van der Waals surface area contributed by atoms with Crippen LogP contribution in [0.3, 0.4) is 0 Å². The molecule has 0 fully saturated rings. The number of fused-ring (bicyclic) bond motifs is 2. The first-order valence-corrected chi connectivity index (χ1v) is 8.66. The number of hydrogen-bond donors (Lipinski definition) is 1. The van der Waals surface area contributed by atoms with E-state index in [9.17, 15) is 0 Å². The van der Waals surface area contributed by atoms with Crippen LogP contribution >= 0.6 is 11.8 Å². The molecule has 3 heteroatoms. The third-order valence-corrected chi connectivity index (χ3v) is 5.52. The first kappa shape index (κ1) is 13.1. The minimum absolute atomic E-state index is 0.857. The predicted molar refractivity (Wildman–Crippen MR) is 91.1 cm³/mol. The Hall–Kier alpha value is -1.61. The normalized spacial score (nSPS) is 16.7. The molecular formula is C18H20N2S. The van der Waals surface area contributed by atoms with Crippen molar-refractivity contribution >= 4 is 23.1 Å². The molecule has 0 aromatic heterocycles.